The van der Waals surface area contributed by atoms with Crippen molar-refractivity contribution in [2.75, 3.05) is 0 Å². The van der Waals surface area contributed by atoms with E-state index in [0.717, 1.165) is 0 Å². The Balaban J connectivity index is 2.22. The van der Waals surface area contributed by atoms with E-state index in [1.807, 2.05) is 19.2 Å². The van der Waals surface area contributed by atoms with Crippen molar-refractivity contribution in [2.24, 2.45) is 12.8 Å². The van der Waals surface area contributed by atoms with Crippen molar-refractivity contribution in [3.8, 4) is 0 Å². The monoisotopic (exact) mass is 231 g/mol. The quantitative estimate of drug-likeness (QED) is 0.829. The summed E-state index contributed by atoms with van der Waals surface area (Å²) >= 11 is 0. The topological polar surface area (TPSA) is 60.1 Å². The van der Waals surface area contributed by atoms with Crippen molar-refractivity contribution in [1.29, 1.82) is 0 Å². The second-order valence-electron chi connectivity index (χ2n) is 4.29. The van der Waals surface area contributed by atoms with Crippen LogP contribution in [0.2, 0.25) is 0 Å². The molecule has 0 fully saturated rings. The van der Waals surface area contributed by atoms with Crippen LogP contribution in [0.15, 0.2) is 30.5 Å². The van der Waals surface area contributed by atoms with Gasteiger partial charge < -0.3 is 15.6 Å². The van der Waals surface area contributed by atoms with Gasteiger partial charge in [-0.3, -0.25) is 4.79 Å². The summed E-state index contributed by atoms with van der Waals surface area (Å²) in [5, 5.41) is 4.32. The van der Waals surface area contributed by atoms with Crippen molar-refractivity contribution >= 4 is 16.8 Å². The summed E-state index contributed by atoms with van der Waals surface area (Å²) in [6.45, 7) is 2.42. The maximum Gasteiger partial charge on any atom is 0.234 e. The van der Waals surface area contributed by atoms with E-state index in [0.29, 0.717) is 6.54 Å². The van der Waals surface area contributed by atoms with Crippen molar-refractivity contribution in [2.45, 2.75) is 19.5 Å². The van der Waals surface area contributed by atoms with Gasteiger partial charge in [0, 0.05) is 30.7 Å². The summed E-state index contributed by atoms with van der Waals surface area (Å²) in [6.07, 6.45) is 2.07. The predicted octanol–water partition coefficient (Wildman–Crippen LogP) is 1.14. The molecule has 0 saturated heterocycles. The van der Waals surface area contributed by atoms with Gasteiger partial charge in [0.2, 0.25) is 5.91 Å². The number of aryl methyl sites for hydroxylation is 1. The number of amides is 1. The molecule has 0 aliphatic rings. The number of nitrogens with one attached hydrogen (secondary N) is 1. The first-order chi connectivity index (χ1) is 8.09. The van der Waals surface area contributed by atoms with Gasteiger partial charge >= 0.3 is 0 Å². The molecule has 2 rings (SSSR count). The molecule has 0 bridgehead atoms. The lowest BCUT2D eigenvalue weighted by atomic mass is 10.1. The van der Waals surface area contributed by atoms with Crippen LogP contribution in [0, 0.1) is 0 Å². The highest BCUT2D eigenvalue weighted by molar-refractivity contribution is 5.84. The first kappa shape index (κ1) is 11.7. The largest absolute Gasteiger partial charge is 0.368 e. The van der Waals surface area contributed by atoms with Gasteiger partial charge in [0.15, 0.2) is 0 Å². The Bertz CT molecular complexity index is 545. The number of aromatic nitrogens is 1. The molecular formula is C13H17N3O. The summed E-state index contributed by atoms with van der Waals surface area (Å²) in [5.41, 5.74) is 7.58. The van der Waals surface area contributed by atoms with Gasteiger partial charge in [-0.1, -0.05) is 18.2 Å². The van der Waals surface area contributed by atoms with Gasteiger partial charge in [0.1, 0.15) is 0 Å². The van der Waals surface area contributed by atoms with Gasteiger partial charge in [-0.2, -0.15) is 0 Å². The molecule has 1 unspecified atom stereocenters. The number of para-hydroxylation sites is 1. The van der Waals surface area contributed by atoms with E-state index in [4.69, 9.17) is 5.73 Å². The summed E-state index contributed by atoms with van der Waals surface area (Å²) in [6, 6.07) is 7.89. The Morgan fingerprint density at radius 1 is 1.47 bits per heavy atom. The Kier molecular flexibility index (Phi) is 3.15. The van der Waals surface area contributed by atoms with Crippen LogP contribution in [-0.2, 0) is 18.4 Å². The maximum atomic E-state index is 10.9. The van der Waals surface area contributed by atoms with Gasteiger partial charge in [-0.25, -0.2) is 0 Å². The van der Waals surface area contributed by atoms with Gasteiger partial charge in [0.25, 0.3) is 0 Å². The number of fused-ring (bicyclic) bond motifs is 1. The molecule has 1 heterocycles. The van der Waals surface area contributed by atoms with Gasteiger partial charge in [-0.05, 0) is 18.6 Å². The number of carbonyl (C=O) groups is 1. The fraction of sp³-hybridized carbons (Fsp3) is 0.308. The van der Waals surface area contributed by atoms with Crippen LogP contribution in [0.1, 0.15) is 12.5 Å². The highest BCUT2D eigenvalue weighted by atomic mass is 16.1. The molecule has 4 nitrogen and oxygen atoms in total. The fourth-order valence-corrected chi connectivity index (χ4v) is 1.93. The van der Waals surface area contributed by atoms with E-state index in [-0.39, 0.29) is 11.9 Å². The van der Waals surface area contributed by atoms with Crippen molar-refractivity contribution in [3.63, 3.8) is 0 Å². The lowest BCUT2D eigenvalue weighted by Gasteiger charge is -2.08. The molecule has 3 N–H and O–H groups in total. The van der Waals surface area contributed by atoms with Crippen LogP contribution in [-0.4, -0.2) is 16.5 Å². The second kappa shape index (κ2) is 4.59. The number of nitrogens with zero attached hydrogens (tertiary/aromatic N) is 1. The third-order valence-electron chi connectivity index (χ3n) is 3.00. The normalized spacial score (nSPS) is 12.8. The molecule has 0 radical (unpaired) electrons. The van der Waals surface area contributed by atoms with E-state index >= 15 is 0 Å². The minimum absolute atomic E-state index is 0.311. The predicted molar refractivity (Wildman–Crippen MR) is 68.4 cm³/mol. The SMILES string of the molecule is CC(NCc1cn(C)c2ccccc12)C(N)=O. The smallest absolute Gasteiger partial charge is 0.234 e. The first-order valence-corrected chi connectivity index (χ1v) is 5.65. The van der Waals surface area contributed by atoms with E-state index in [1.165, 1.54) is 16.5 Å². The van der Waals surface area contributed by atoms with Crippen LogP contribution in [0.5, 0.6) is 0 Å². The zero-order valence-corrected chi connectivity index (χ0v) is 10.1. The number of nitrogens with two attached hydrogens (primary N) is 1. The second-order valence-corrected chi connectivity index (χ2v) is 4.29. The molecule has 1 aromatic carbocycles. The van der Waals surface area contributed by atoms with Crippen LogP contribution in [0.25, 0.3) is 10.9 Å². The van der Waals surface area contributed by atoms with Crippen LogP contribution in [0.4, 0.5) is 0 Å². The molecule has 90 valence electrons. The van der Waals surface area contributed by atoms with E-state index in [9.17, 15) is 4.79 Å². The van der Waals surface area contributed by atoms with E-state index < -0.39 is 0 Å². The van der Waals surface area contributed by atoms with E-state index in [2.05, 4.69) is 28.2 Å². The van der Waals surface area contributed by atoms with E-state index in [1.54, 1.807) is 6.92 Å². The average Bonchev–Trinajstić information content (AvgIpc) is 2.64. The molecule has 1 amide bonds. The lowest BCUT2D eigenvalue weighted by molar-refractivity contribution is -0.119. The molecule has 2 aromatic rings. The molecule has 0 spiro atoms. The standard InChI is InChI=1S/C13H17N3O/c1-9(13(14)17)15-7-10-8-16(2)12-6-4-3-5-11(10)12/h3-6,8-9,15H,7H2,1-2H3,(H2,14,17). The number of hydrogen-bond donors (Lipinski definition) is 2. The number of carbonyl (C=O) groups excluding carboxylic acids is 1. The Morgan fingerprint density at radius 3 is 2.88 bits per heavy atom. The number of rotatable bonds is 4. The highest BCUT2D eigenvalue weighted by Gasteiger charge is 2.10. The molecule has 0 aliphatic heterocycles. The molecule has 1 atom stereocenters. The van der Waals surface area contributed by atoms with Crippen molar-refractivity contribution in [3.05, 3.63) is 36.0 Å². The Morgan fingerprint density at radius 2 is 2.18 bits per heavy atom. The molecule has 4 heteroatoms. The molecular weight excluding hydrogens is 214 g/mol. The summed E-state index contributed by atoms with van der Waals surface area (Å²) in [4.78, 5) is 10.9. The molecule has 1 aromatic heterocycles. The molecule has 17 heavy (non-hydrogen) atoms. The first-order valence-electron chi connectivity index (χ1n) is 5.65. The average molecular weight is 231 g/mol. The molecule has 0 saturated carbocycles. The highest BCUT2D eigenvalue weighted by Crippen LogP contribution is 2.19. The van der Waals surface area contributed by atoms with Crippen molar-refractivity contribution in [1.82, 2.24) is 9.88 Å². The number of benzene rings is 1. The lowest BCUT2D eigenvalue weighted by Crippen LogP contribution is -2.38. The number of hydrogen-bond acceptors (Lipinski definition) is 2. The van der Waals surface area contributed by atoms with Crippen LogP contribution in [0.3, 0.4) is 0 Å². The third kappa shape index (κ3) is 2.31. The summed E-state index contributed by atoms with van der Waals surface area (Å²) in [7, 11) is 2.02. The zero-order valence-electron chi connectivity index (χ0n) is 10.1. The Hall–Kier alpha value is -1.81. The van der Waals surface area contributed by atoms with Crippen molar-refractivity contribution < 1.29 is 4.79 Å². The van der Waals surface area contributed by atoms with Gasteiger partial charge in [-0.15, -0.1) is 0 Å². The minimum atomic E-state index is -0.328. The molecule has 0 aliphatic carbocycles. The Labute approximate surface area is 100 Å². The van der Waals surface area contributed by atoms with Crippen LogP contribution >= 0.6 is 0 Å². The summed E-state index contributed by atoms with van der Waals surface area (Å²) < 4.78 is 2.08. The number of primary amides is 1. The van der Waals surface area contributed by atoms with Crippen LogP contribution < -0.4 is 11.1 Å². The third-order valence-corrected chi connectivity index (χ3v) is 3.00. The maximum absolute atomic E-state index is 10.9. The van der Waals surface area contributed by atoms with Gasteiger partial charge in [0.05, 0.1) is 6.04 Å². The fourth-order valence-electron chi connectivity index (χ4n) is 1.93. The minimum Gasteiger partial charge on any atom is -0.368 e. The zero-order chi connectivity index (χ0) is 12.4. The summed E-state index contributed by atoms with van der Waals surface area (Å²) in [5.74, 6) is -0.328.